The van der Waals surface area contributed by atoms with E-state index in [1.54, 1.807) is 7.11 Å². The highest BCUT2D eigenvalue weighted by molar-refractivity contribution is 5.79. The minimum Gasteiger partial charge on any atom is -0.381 e. The number of methoxy groups -OCH3 is 1. The first kappa shape index (κ1) is 19.8. The standard InChI is InChI=1S/C23H30N4O3/c1-28-18-6-8-22(9-7-18)12-17-5-4-16(13-24)11-20(17)23(22)26-21(25)27(15-30-23)14-19-3-2-10-29-19/h4-5,11,18-19H,2-3,6-10,12,14-15H2,1H3,(H2,25,26). The first-order valence-corrected chi connectivity index (χ1v) is 11.0. The van der Waals surface area contributed by atoms with Crippen LogP contribution in [0.25, 0.3) is 0 Å². The van der Waals surface area contributed by atoms with Crippen LogP contribution in [0.15, 0.2) is 23.2 Å². The molecule has 30 heavy (non-hydrogen) atoms. The Morgan fingerprint density at radius 3 is 2.83 bits per heavy atom. The summed E-state index contributed by atoms with van der Waals surface area (Å²) in [6.45, 7) is 1.91. The van der Waals surface area contributed by atoms with Crippen LogP contribution in [0.4, 0.5) is 0 Å². The molecule has 1 saturated carbocycles. The molecular weight excluding hydrogens is 380 g/mol. The van der Waals surface area contributed by atoms with Crippen molar-refractivity contribution in [2.24, 2.45) is 16.1 Å². The fourth-order valence-corrected chi connectivity index (χ4v) is 5.87. The smallest absolute Gasteiger partial charge is 0.196 e. The highest BCUT2D eigenvalue weighted by Gasteiger charge is 2.61. The number of ether oxygens (including phenoxy) is 3. The quantitative estimate of drug-likeness (QED) is 0.823. The minimum atomic E-state index is -0.828. The molecule has 2 atom stereocenters. The molecule has 7 heteroatoms. The lowest BCUT2D eigenvalue weighted by Crippen LogP contribution is -2.56. The highest BCUT2D eigenvalue weighted by Crippen LogP contribution is 2.61. The topological polar surface area (TPSA) is 93.1 Å². The number of rotatable bonds is 3. The van der Waals surface area contributed by atoms with Crippen LogP contribution >= 0.6 is 0 Å². The van der Waals surface area contributed by atoms with E-state index in [0.717, 1.165) is 57.1 Å². The maximum Gasteiger partial charge on any atom is 0.196 e. The van der Waals surface area contributed by atoms with E-state index < -0.39 is 5.72 Å². The van der Waals surface area contributed by atoms with Gasteiger partial charge in [-0.25, -0.2) is 4.99 Å². The molecule has 2 aliphatic carbocycles. The molecule has 1 saturated heterocycles. The normalized spacial score (nSPS) is 35.5. The lowest BCUT2D eigenvalue weighted by Gasteiger charge is -2.50. The molecule has 0 radical (unpaired) electrons. The summed E-state index contributed by atoms with van der Waals surface area (Å²) in [5.41, 5.74) is 8.41. The second-order valence-electron chi connectivity index (χ2n) is 9.12. The van der Waals surface area contributed by atoms with E-state index in [-0.39, 0.29) is 17.6 Å². The van der Waals surface area contributed by atoms with Crippen molar-refractivity contribution < 1.29 is 14.2 Å². The summed E-state index contributed by atoms with van der Waals surface area (Å²) in [7, 11) is 1.79. The first-order valence-electron chi connectivity index (χ1n) is 11.0. The van der Waals surface area contributed by atoms with Crippen molar-refractivity contribution in [3.05, 3.63) is 34.9 Å². The van der Waals surface area contributed by atoms with Crippen LogP contribution in [0, 0.1) is 16.7 Å². The summed E-state index contributed by atoms with van der Waals surface area (Å²) in [5, 5.41) is 9.49. The molecule has 0 bridgehead atoms. The van der Waals surface area contributed by atoms with Gasteiger partial charge in [0.25, 0.3) is 0 Å². The van der Waals surface area contributed by atoms with Gasteiger partial charge in [-0.2, -0.15) is 5.26 Å². The summed E-state index contributed by atoms with van der Waals surface area (Å²) in [6.07, 6.45) is 7.39. The van der Waals surface area contributed by atoms with Crippen molar-refractivity contribution in [1.29, 1.82) is 5.26 Å². The number of hydrogen-bond donors (Lipinski definition) is 1. The van der Waals surface area contributed by atoms with Gasteiger partial charge in [-0.3, -0.25) is 0 Å². The maximum atomic E-state index is 9.49. The second kappa shape index (κ2) is 7.52. The summed E-state index contributed by atoms with van der Waals surface area (Å²) in [4.78, 5) is 7.06. The summed E-state index contributed by atoms with van der Waals surface area (Å²) >= 11 is 0. The van der Waals surface area contributed by atoms with E-state index >= 15 is 0 Å². The number of nitrogens with two attached hydrogens (primary N) is 1. The average molecular weight is 411 g/mol. The van der Waals surface area contributed by atoms with Crippen molar-refractivity contribution >= 4 is 5.96 Å². The number of fused-ring (bicyclic) bond motifs is 3. The van der Waals surface area contributed by atoms with Crippen LogP contribution < -0.4 is 5.73 Å². The van der Waals surface area contributed by atoms with Gasteiger partial charge < -0.3 is 24.8 Å². The SMILES string of the molecule is COC1CCC2(CC1)Cc1ccc(C#N)cc1C21N=C(N)N(CC2CCCO2)CO1. The number of benzene rings is 1. The zero-order valence-corrected chi connectivity index (χ0v) is 17.6. The van der Waals surface area contributed by atoms with E-state index in [1.165, 1.54) is 5.56 Å². The van der Waals surface area contributed by atoms with Crippen molar-refractivity contribution in [3.8, 4) is 6.07 Å². The summed E-state index contributed by atoms with van der Waals surface area (Å²) in [5.74, 6) is 0.514. The number of guanidine groups is 1. The maximum absolute atomic E-state index is 9.49. The molecule has 2 spiro atoms. The van der Waals surface area contributed by atoms with Crippen LogP contribution in [0.3, 0.4) is 0 Å². The number of nitriles is 1. The van der Waals surface area contributed by atoms with Gasteiger partial charge in [0.15, 0.2) is 11.7 Å². The van der Waals surface area contributed by atoms with Crippen LogP contribution in [-0.2, 0) is 26.4 Å². The van der Waals surface area contributed by atoms with Gasteiger partial charge in [-0.1, -0.05) is 6.07 Å². The summed E-state index contributed by atoms with van der Waals surface area (Å²) < 4.78 is 18.1. The van der Waals surface area contributed by atoms with Crippen LogP contribution in [0.5, 0.6) is 0 Å². The molecule has 7 nitrogen and oxygen atoms in total. The Balaban J connectivity index is 1.53. The van der Waals surface area contributed by atoms with Gasteiger partial charge >= 0.3 is 0 Å². The fourth-order valence-electron chi connectivity index (χ4n) is 5.87. The Labute approximate surface area is 177 Å². The molecule has 2 N–H and O–H groups in total. The van der Waals surface area contributed by atoms with Crippen molar-refractivity contribution in [2.45, 2.75) is 62.9 Å². The lowest BCUT2D eigenvalue weighted by molar-refractivity contribution is -0.181. The Morgan fingerprint density at radius 2 is 2.17 bits per heavy atom. The largest absolute Gasteiger partial charge is 0.381 e. The second-order valence-corrected chi connectivity index (χ2v) is 9.12. The van der Waals surface area contributed by atoms with Gasteiger partial charge in [0.1, 0.15) is 6.73 Å². The van der Waals surface area contributed by atoms with E-state index in [1.807, 2.05) is 17.0 Å². The third-order valence-corrected chi connectivity index (χ3v) is 7.55. The summed E-state index contributed by atoms with van der Waals surface area (Å²) in [6, 6.07) is 8.19. The zero-order valence-electron chi connectivity index (χ0n) is 17.6. The van der Waals surface area contributed by atoms with Gasteiger partial charge in [-0.05, 0) is 62.6 Å². The monoisotopic (exact) mass is 410 g/mol. The third kappa shape index (κ3) is 3.01. The predicted molar refractivity (Wildman–Crippen MR) is 111 cm³/mol. The Hall–Kier alpha value is -2.14. The first-order chi connectivity index (χ1) is 14.6. The lowest BCUT2D eigenvalue weighted by atomic mass is 9.66. The molecule has 5 rings (SSSR count). The van der Waals surface area contributed by atoms with E-state index in [4.69, 9.17) is 24.9 Å². The number of nitrogens with zero attached hydrogens (tertiary/aromatic N) is 3. The van der Waals surface area contributed by atoms with Crippen LogP contribution in [0.1, 0.15) is 55.2 Å². The number of aliphatic imine (C=N–C) groups is 1. The third-order valence-electron chi connectivity index (χ3n) is 7.55. The van der Waals surface area contributed by atoms with Crippen LogP contribution in [0.2, 0.25) is 0 Å². The predicted octanol–water partition coefficient (Wildman–Crippen LogP) is 2.63. The van der Waals surface area contributed by atoms with Crippen LogP contribution in [-0.4, -0.2) is 50.1 Å². The van der Waals surface area contributed by atoms with Gasteiger partial charge in [0.2, 0.25) is 0 Å². The van der Waals surface area contributed by atoms with E-state index in [9.17, 15) is 5.26 Å². The molecular formula is C23H30N4O3. The number of hydrogen-bond acceptors (Lipinski definition) is 7. The molecule has 2 aliphatic heterocycles. The minimum absolute atomic E-state index is 0.154. The molecule has 2 unspecified atom stereocenters. The Morgan fingerprint density at radius 1 is 1.33 bits per heavy atom. The van der Waals surface area contributed by atoms with Crippen molar-refractivity contribution in [2.75, 3.05) is 27.0 Å². The molecule has 1 aromatic rings. The average Bonchev–Trinajstić information content (AvgIpc) is 3.36. The fraction of sp³-hybridized carbons (Fsp3) is 0.652. The van der Waals surface area contributed by atoms with Gasteiger partial charge in [-0.15, -0.1) is 0 Å². The van der Waals surface area contributed by atoms with Crippen molar-refractivity contribution in [1.82, 2.24) is 4.90 Å². The molecule has 2 heterocycles. The Kier molecular flexibility index (Phi) is 4.97. The molecule has 4 aliphatic rings. The van der Waals surface area contributed by atoms with Gasteiger partial charge in [0.05, 0.1) is 23.8 Å². The highest BCUT2D eigenvalue weighted by atomic mass is 16.5. The molecule has 1 aromatic carbocycles. The molecule has 2 fully saturated rings. The van der Waals surface area contributed by atoms with Gasteiger partial charge in [0, 0.05) is 31.2 Å². The van der Waals surface area contributed by atoms with E-state index in [2.05, 4.69) is 12.1 Å². The molecule has 0 aromatic heterocycles. The van der Waals surface area contributed by atoms with Crippen molar-refractivity contribution in [3.63, 3.8) is 0 Å². The molecule has 160 valence electrons. The van der Waals surface area contributed by atoms with E-state index in [0.29, 0.717) is 24.8 Å². The molecule has 0 amide bonds. The zero-order chi connectivity index (χ0) is 20.8. The Bertz CT molecular complexity index is 881.